The molecule has 3 amide bonds. The van der Waals surface area contributed by atoms with Crippen molar-refractivity contribution in [3.63, 3.8) is 0 Å². The maximum Gasteiger partial charge on any atom is 0.407 e. The Morgan fingerprint density at radius 1 is 1.17 bits per heavy atom. The molecule has 2 heterocycles. The van der Waals surface area contributed by atoms with Crippen molar-refractivity contribution >= 4 is 36.0 Å². The number of amides is 3. The molecule has 1 saturated heterocycles. The topological polar surface area (TPSA) is 90.0 Å². The minimum atomic E-state index is -0.948. The largest absolute Gasteiger partial charge is 0.465 e. The first kappa shape index (κ1) is 27.6. The zero-order chi connectivity index (χ0) is 25.3. The third kappa shape index (κ3) is 5.12. The summed E-state index contributed by atoms with van der Waals surface area (Å²) in [4.78, 5) is 40.1. The van der Waals surface area contributed by atoms with Crippen molar-refractivity contribution in [2.45, 2.75) is 45.8 Å². The summed E-state index contributed by atoms with van der Waals surface area (Å²) < 4.78 is 0.158. The van der Waals surface area contributed by atoms with E-state index in [2.05, 4.69) is 40.5 Å². The second-order valence-electron chi connectivity index (χ2n) is 9.79. The van der Waals surface area contributed by atoms with Crippen LogP contribution in [-0.4, -0.2) is 72.1 Å². The molecule has 2 aromatic carbocycles. The summed E-state index contributed by atoms with van der Waals surface area (Å²) in [6.07, 6.45) is -0.370. The second-order valence-corrected chi connectivity index (χ2v) is 9.79. The minimum Gasteiger partial charge on any atom is -0.465 e. The average molecular weight is 516 g/mol. The molecule has 0 saturated carbocycles. The lowest BCUT2D eigenvalue weighted by Crippen LogP contribution is -2.60. The quantitative estimate of drug-likeness (QED) is 0.587. The molecule has 9 heteroatoms. The average Bonchev–Trinajstić information content (AvgIpc) is 2.82. The Kier molecular flexibility index (Phi) is 8.44. The first-order valence-corrected chi connectivity index (χ1v) is 12.2. The van der Waals surface area contributed by atoms with Gasteiger partial charge in [-0.05, 0) is 42.7 Å². The number of nitrogens with one attached hydrogen (secondary N) is 1. The summed E-state index contributed by atoms with van der Waals surface area (Å²) in [7, 11) is 1.93. The monoisotopic (exact) mass is 515 g/mol. The van der Waals surface area contributed by atoms with Crippen LogP contribution in [0.2, 0.25) is 0 Å². The molecule has 0 bridgehead atoms. The fourth-order valence-electron chi connectivity index (χ4n) is 5.47. The summed E-state index contributed by atoms with van der Waals surface area (Å²) in [6.45, 7) is 8.49. The molecule has 194 valence electrons. The van der Waals surface area contributed by atoms with Gasteiger partial charge in [0.1, 0.15) is 5.69 Å². The number of benzene rings is 2. The molecule has 1 unspecified atom stereocenters. The van der Waals surface area contributed by atoms with Crippen LogP contribution < -0.4 is 9.80 Å². The molecule has 3 atom stereocenters. The first-order chi connectivity index (χ1) is 16.6. The Bertz CT molecular complexity index is 1140. The zero-order valence-electron chi connectivity index (χ0n) is 21.4. The number of carbonyl (C=O) groups is 3. The van der Waals surface area contributed by atoms with E-state index < -0.39 is 6.09 Å². The summed E-state index contributed by atoms with van der Waals surface area (Å²) >= 11 is 0. The number of carboxylic acid groups (broad SMARTS) is 1. The van der Waals surface area contributed by atoms with Gasteiger partial charge in [0, 0.05) is 44.2 Å². The highest BCUT2D eigenvalue weighted by atomic mass is 35.5. The van der Waals surface area contributed by atoms with Crippen molar-refractivity contribution in [2.24, 2.45) is 0 Å². The summed E-state index contributed by atoms with van der Waals surface area (Å²) in [5, 5.41) is 12.7. The van der Waals surface area contributed by atoms with Crippen molar-refractivity contribution in [1.82, 2.24) is 19.6 Å². The van der Waals surface area contributed by atoms with Gasteiger partial charge in [0.15, 0.2) is 0 Å². The highest BCUT2D eigenvalue weighted by molar-refractivity contribution is 5.89. The van der Waals surface area contributed by atoms with E-state index in [9.17, 15) is 19.5 Å². The summed E-state index contributed by atoms with van der Waals surface area (Å²) in [6, 6.07) is 14.0. The summed E-state index contributed by atoms with van der Waals surface area (Å²) in [5.41, 5.74) is 4.91. The molecule has 0 radical (unpaired) electrons. The van der Waals surface area contributed by atoms with E-state index >= 15 is 0 Å². The first-order valence-electron chi connectivity index (χ1n) is 12.2. The van der Waals surface area contributed by atoms with Gasteiger partial charge >= 0.3 is 12.0 Å². The van der Waals surface area contributed by atoms with E-state index in [4.69, 9.17) is 0 Å². The number of nitrogens with zero attached hydrogens (tertiary/aromatic N) is 3. The number of hydrogen-bond acceptors (Lipinski definition) is 4. The van der Waals surface area contributed by atoms with Gasteiger partial charge in [-0.2, -0.15) is 0 Å². The van der Waals surface area contributed by atoms with Crippen molar-refractivity contribution in [2.75, 3.05) is 33.2 Å². The van der Waals surface area contributed by atoms with E-state index in [-0.39, 0.29) is 40.8 Å². The number of quaternary nitrogens is 1. The summed E-state index contributed by atoms with van der Waals surface area (Å²) in [5.74, 6) is 0.100. The minimum absolute atomic E-state index is 0. The van der Waals surface area contributed by atoms with Gasteiger partial charge in [0.05, 0.1) is 32.6 Å². The standard InChI is InChI=1S/C27H34N4O4.ClH/c1-5-30(27(34)35)24-14-18(2)31(4,19(3)32)25-11-10-22(15-23(24)25)21-8-6-20(7-9-21)16-29-13-12-28-26(33)17-29;/h6-11,15,18,24H,5,12-14,16-17H2,1-4H3,(H-,28,33,34,35);1H/p+1/t18-,24?,31+;/m0./s1. The molecule has 2 N–H and O–H groups in total. The van der Waals surface area contributed by atoms with Gasteiger partial charge in [-0.15, -0.1) is 12.4 Å². The van der Waals surface area contributed by atoms with E-state index in [1.807, 2.05) is 33.0 Å². The van der Waals surface area contributed by atoms with Crippen LogP contribution in [0.4, 0.5) is 10.5 Å². The van der Waals surface area contributed by atoms with Crippen LogP contribution in [0.15, 0.2) is 42.5 Å². The van der Waals surface area contributed by atoms with Crippen LogP contribution in [-0.2, 0) is 16.1 Å². The third-order valence-electron chi connectivity index (χ3n) is 7.76. The maximum atomic E-state index is 12.8. The molecule has 2 aromatic rings. The van der Waals surface area contributed by atoms with Crippen LogP contribution >= 0.6 is 12.4 Å². The van der Waals surface area contributed by atoms with Crippen LogP contribution in [0.5, 0.6) is 0 Å². The van der Waals surface area contributed by atoms with E-state index in [0.29, 0.717) is 26.1 Å². The van der Waals surface area contributed by atoms with Crippen LogP contribution in [0.3, 0.4) is 0 Å². The Morgan fingerprint density at radius 2 is 1.83 bits per heavy atom. The lowest BCUT2D eigenvalue weighted by atomic mass is 9.86. The lowest BCUT2D eigenvalue weighted by Gasteiger charge is -2.45. The molecule has 4 rings (SSSR count). The SMILES string of the molecule is CCN(C(=O)O)C1C[C@H](C)[N@+](C)(C(C)=O)c2ccc(-c3ccc(CN4CCNC(=O)C4)cc3)cc21.Cl. The van der Waals surface area contributed by atoms with Gasteiger partial charge < -0.3 is 15.3 Å². The van der Waals surface area contributed by atoms with Gasteiger partial charge in [-0.25, -0.2) is 14.1 Å². The number of piperazine rings is 1. The molecule has 36 heavy (non-hydrogen) atoms. The van der Waals surface area contributed by atoms with E-state index in [1.165, 1.54) is 4.90 Å². The van der Waals surface area contributed by atoms with Gasteiger partial charge in [-0.1, -0.05) is 24.3 Å². The third-order valence-corrected chi connectivity index (χ3v) is 7.76. The lowest BCUT2D eigenvalue weighted by molar-refractivity contribution is -0.129. The van der Waals surface area contributed by atoms with Gasteiger partial charge in [-0.3, -0.25) is 9.69 Å². The van der Waals surface area contributed by atoms with Crippen LogP contribution in [0.25, 0.3) is 11.1 Å². The Morgan fingerprint density at radius 3 is 2.42 bits per heavy atom. The van der Waals surface area contributed by atoms with Crippen LogP contribution in [0.1, 0.15) is 44.4 Å². The molecule has 0 aromatic heterocycles. The number of hydrogen-bond donors (Lipinski definition) is 2. The Hall–Kier alpha value is -2.94. The van der Waals surface area contributed by atoms with Crippen molar-refractivity contribution in [3.05, 3.63) is 53.6 Å². The normalized spacial score (nSPS) is 23.7. The number of rotatable bonds is 5. The second kappa shape index (κ2) is 11.0. The van der Waals surface area contributed by atoms with Crippen molar-refractivity contribution in [3.8, 4) is 11.1 Å². The number of halogens is 1. The van der Waals surface area contributed by atoms with E-state index in [1.54, 1.807) is 6.92 Å². The number of carbonyl (C=O) groups excluding carboxylic acids is 2. The fourth-order valence-corrected chi connectivity index (χ4v) is 5.47. The molecular weight excluding hydrogens is 480 g/mol. The highest BCUT2D eigenvalue weighted by Gasteiger charge is 2.47. The van der Waals surface area contributed by atoms with Gasteiger partial charge in [0.2, 0.25) is 5.91 Å². The molecule has 1 fully saturated rings. The van der Waals surface area contributed by atoms with Crippen molar-refractivity contribution < 1.29 is 19.5 Å². The molecule has 0 aliphatic carbocycles. The molecule has 8 nitrogen and oxygen atoms in total. The molecule has 0 spiro atoms. The Labute approximate surface area is 218 Å². The smallest absolute Gasteiger partial charge is 0.407 e. The van der Waals surface area contributed by atoms with Crippen LogP contribution in [0, 0.1) is 0 Å². The number of fused-ring (bicyclic) bond motifs is 1. The zero-order valence-corrected chi connectivity index (χ0v) is 22.2. The Balaban J connectivity index is 0.00000361. The van der Waals surface area contributed by atoms with E-state index in [0.717, 1.165) is 41.0 Å². The molecular formula is C27H36ClN4O4+. The predicted octanol–water partition coefficient (Wildman–Crippen LogP) is 4.02. The fraction of sp³-hybridized carbons (Fsp3) is 0.444. The maximum absolute atomic E-state index is 12.8. The predicted molar refractivity (Wildman–Crippen MR) is 143 cm³/mol. The molecule has 2 aliphatic heterocycles. The van der Waals surface area contributed by atoms with Crippen molar-refractivity contribution in [1.29, 1.82) is 0 Å². The van der Waals surface area contributed by atoms with Gasteiger partial charge in [0.25, 0.3) is 0 Å². The molecule has 2 aliphatic rings. The highest BCUT2D eigenvalue weighted by Crippen LogP contribution is 2.45.